The van der Waals surface area contributed by atoms with E-state index >= 15 is 0 Å². The molecule has 0 N–H and O–H groups in total. The van der Waals surface area contributed by atoms with Crippen LogP contribution in [0.15, 0.2) is 18.5 Å². The lowest BCUT2D eigenvalue weighted by molar-refractivity contribution is -0.112. The van der Waals surface area contributed by atoms with Gasteiger partial charge in [0.1, 0.15) is 0 Å². The summed E-state index contributed by atoms with van der Waals surface area (Å²) in [5, 5.41) is 7.17. The summed E-state index contributed by atoms with van der Waals surface area (Å²) in [6, 6.07) is 0. The van der Waals surface area contributed by atoms with E-state index in [0.29, 0.717) is 0 Å². The van der Waals surface area contributed by atoms with E-state index in [2.05, 4.69) is 10.3 Å². The van der Waals surface area contributed by atoms with Crippen LogP contribution in [0, 0.1) is 0 Å². The van der Waals surface area contributed by atoms with E-state index in [9.17, 15) is 4.79 Å². The first-order chi connectivity index (χ1) is 4.79. The molecule has 1 heterocycles. The van der Waals surface area contributed by atoms with E-state index in [0.717, 1.165) is 0 Å². The van der Waals surface area contributed by atoms with Gasteiger partial charge in [-0.05, 0) is 13.0 Å². The van der Waals surface area contributed by atoms with Gasteiger partial charge in [0.05, 0.1) is 12.4 Å². The van der Waals surface area contributed by atoms with Crippen LogP contribution in [-0.4, -0.2) is 20.8 Å². The van der Waals surface area contributed by atoms with E-state index in [-0.39, 0.29) is 5.78 Å². The van der Waals surface area contributed by atoms with Gasteiger partial charge in [0.25, 0.3) is 0 Å². The van der Waals surface area contributed by atoms with Crippen LogP contribution < -0.4 is 0 Å². The Bertz CT molecular complexity index is 238. The molecule has 0 radical (unpaired) electrons. The fourth-order valence-corrected chi connectivity index (χ4v) is 0.478. The van der Waals surface area contributed by atoms with Crippen LogP contribution >= 0.6 is 0 Å². The SMILES string of the molecule is CC(=O)/C=C/n1ccnn1. The summed E-state index contributed by atoms with van der Waals surface area (Å²) in [6.07, 6.45) is 6.17. The van der Waals surface area contributed by atoms with E-state index in [1.54, 1.807) is 18.6 Å². The quantitative estimate of drug-likeness (QED) is 0.552. The van der Waals surface area contributed by atoms with Crippen LogP contribution in [0.1, 0.15) is 6.92 Å². The van der Waals surface area contributed by atoms with Crippen molar-refractivity contribution in [1.82, 2.24) is 15.0 Å². The Hall–Kier alpha value is -1.45. The molecule has 1 rings (SSSR count). The monoisotopic (exact) mass is 137 g/mol. The molecule has 0 aliphatic carbocycles. The van der Waals surface area contributed by atoms with Gasteiger partial charge in [0, 0.05) is 6.20 Å². The predicted octanol–water partition coefficient (Wildman–Crippen LogP) is 0.338. The van der Waals surface area contributed by atoms with Gasteiger partial charge >= 0.3 is 0 Å². The van der Waals surface area contributed by atoms with Crippen molar-refractivity contribution in [3.8, 4) is 0 Å². The number of allylic oxidation sites excluding steroid dienone is 1. The van der Waals surface area contributed by atoms with Crippen molar-refractivity contribution in [2.75, 3.05) is 0 Å². The zero-order valence-corrected chi connectivity index (χ0v) is 5.56. The predicted molar refractivity (Wildman–Crippen MR) is 36.0 cm³/mol. The van der Waals surface area contributed by atoms with Gasteiger partial charge in [-0.15, -0.1) is 5.10 Å². The molecule has 0 aliphatic heterocycles. The van der Waals surface area contributed by atoms with Gasteiger partial charge in [-0.2, -0.15) is 0 Å². The Labute approximate surface area is 58.2 Å². The third-order valence-electron chi connectivity index (χ3n) is 0.903. The van der Waals surface area contributed by atoms with E-state index in [1.165, 1.54) is 17.7 Å². The molecule has 4 nitrogen and oxygen atoms in total. The molecule has 0 atom stereocenters. The van der Waals surface area contributed by atoms with Gasteiger partial charge in [0.2, 0.25) is 0 Å². The lowest BCUT2D eigenvalue weighted by atomic mass is 10.4. The largest absolute Gasteiger partial charge is 0.295 e. The summed E-state index contributed by atoms with van der Waals surface area (Å²) >= 11 is 0. The fraction of sp³-hybridized carbons (Fsp3) is 0.167. The molecule has 0 bridgehead atoms. The third-order valence-corrected chi connectivity index (χ3v) is 0.903. The van der Waals surface area contributed by atoms with Gasteiger partial charge in [-0.1, -0.05) is 5.21 Å². The normalized spacial score (nSPS) is 10.5. The molecule has 0 aromatic carbocycles. The molecule has 0 amide bonds. The first kappa shape index (κ1) is 6.67. The Balaban J connectivity index is 2.64. The zero-order chi connectivity index (χ0) is 7.40. The number of carbonyl (C=O) groups is 1. The molecular weight excluding hydrogens is 130 g/mol. The fourth-order valence-electron chi connectivity index (χ4n) is 0.478. The molecule has 52 valence electrons. The first-order valence-electron chi connectivity index (χ1n) is 2.83. The minimum absolute atomic E-state index is 0.00417. The van der Waals surface area contributed by atoms with Gasteiger partial charge < -0.3 is 0 Å². The van der Waals surface area contributed by atoms with Crippen molar-refractivity contribution >= 4 is 12.0 Å². The molecule has 4 heteroatoms. The summed E-state index contributed by atoms with van der Waals surface area (Å²) in [6.45, 7) is 1.48. The van der Waals surface area contributed by atoms with Crippen molar-refractivity contribution < 1.29 is 4.79 Å². The third kappa shape index (κ3) is 1.81. The maximum atomic E-state index is 10.4. The number of nitrogens with zero attached hydrogens (tertiary/aromatic N) is 3. The highest BCUT2D eigenvalue weighted by molar-refractivity contribution is 5.89. The molecule has 0 fully saturated rings. The second-order valence-electron chi connectivity index (χ2n) is 1.81. The maximum absolute atomic E-state index is 10.4. The molecule has 0 saturated heterocycles. The lowest BCUT2D eigenvalue weighted by Gasteiger charge is -1.83. The van der Waals surface area contributed by atoms with E-state index in [1.807, 2.05) is 0 Å². The van der Waals surface area contributed by atoms with Crippen molar-refractivity contribution in [2.24, 2.45) is 0 Å². The van der Waals surface area contributed by atoms with Crippen LogP contribution in [0.4, 0.5) is 0 Å². The average Bonchev–Trinajstić information content (AvgIpc) is 2.34. The summed E-state index contributed by atoms with van der Waals surface area (Å²) in [4.78, 5) is 10.4. The highest BCUT2D eigenvalue weighted by Gasteiger charge is 1.83. The number of carbonyl (C=O) groups excluding carboxylic acids is 1. The number of hydrogen-bond donors (Lipinski definition) is 0. The van der Waals surface area contributed by atoms with Crippen LogP contribution in [0.25, 0.3) is 6.20 Å². The molecule has 0 saturated carbocycles. The van der Waals surface area contributed by atoms with Crippen molar-refractivity contribution in [2.45, 2.75) is 6.92 Å². The molecule has 1 aromatic rings. The Morgan fingerprint density at radius 2 is 2.50 bits per heavy atom. The maximum Gasteiger partial charge on any atom is 0.154 e. The van der Waals surface area contributed by atoms with Crippen LogP contribution in [0.2, 0.25) is 0 Å². The van der Waals surface area contributed by atoms with Crippen LogP contribution in [0.5, 0.6) is 0 Å². The number of ketones is 1. The summed E-state index contributed by atoms with van der Waals surface area (Å²) < 4.78 is 1.46. The van der Waals surface area contributed by atoms with Crippen LogP contribution in [0.3, 0.4) is 0 Å². The molecule has 10 heavy (non-hydrogen) atoms. The van der Waals surface area contributed by atoms with Gasteiger partial charge in [0.15, 0.2) is 5.78 Å². The number of rotatable bonds is 2. The standard InChI is InChI=1S/C6H7N3O/c1-6(10)2-4-9-5-3-7-8-9/h2-5H,1H3/b4-2+. The zero-order valence-electron chi connectivity index (χ0n) is 5.56. The van der Waals surface area contributed by atoms with E-state index < -0.39 is 0 Å². The van der Waals surface area contributed by atoms with Gasteiger partial charge in [-0.25, -0.2) is 4.68 Å². The Kier molecular flexibility index (Phi) is 1.94. The summed E-state index contributed by atoms with van der Waals surface area (Å²) in [5.74, 6) is -0.00417. The highest BCUT2D eigenvalue weighted by Crippen LogP contribution is 1.82. The van der Waals surface area contributed by atoms with E-state index in [4.69, 9.17) is 0 Å². The van der Waals surface area contributed by atoms with Gasteiger partial charge in [-0.3, -0.25) is 4.79 Å². The minimum atomic E-state index is -0.00417. The molecule has 0 spiro atoms. The smallest absolute Gasteiger partial charge is 0.154 e. The second kappa shape index (κ2) is 2.91. The molecular formula is C6H7N3O. The topological polar surface area (TPSA) is 47.8 Å². The second-order valence-corrected chi connectivity index (χ2v) is 1.81. The van der Waals surface area contributed by atoms with Crippen molar-refractivity contribution in [3.63, 3.8) is 0 Å². The molecule has 0 aliphatic rings. The molecule has 1 aromatic heterocycles. The lowest BCUT2D eigenvalue weighted by Crippen LogP contribution is -1.88. The molecule has 0 unspecified atom stereocenters. The Morgan fingerprint density at radius 1 is 1.70 bits per heavy atom. The number of aromatic nitrogens is 3. The number of hydrogen-bond acceptors (Lipinski definition) is 3. The van der Waals surface area contributed by atoms with Crippen molar-refractivity contribution in [3.05, 3.63) is 18.5 Å². The van der Waals surface area contributed by atoms with Crippen LogP contribution in [-0.2, 0) is 4.79 Å². The average molecular weight is 137 g/mol. The summed E-state index contributed by atoms with van der Waals surface area (Å²) in [5.41, 5.74) is 0. The Morgan fingerprint density at radius 3 is 3.00 bits per heavy atom. The summed E-state index contributed by atoms with van der Waals surface area (Å²) in [7, 11) is 0. The van der Waals surface area contributed by atoms with Crippen molar-refractivity contribution in [1.29, 1.82) is 0 Å². The minimum Gasteiger partial charge on any atom is -0.295 e. The highest BCUT2D eigenvalue weighted by atomic mass is 16.1. The first-order valence-corrected chi connectivity index (χ1v) is 2.83.